The lowest BCUT2D eigenvalue weighted by molar-refractivity contribution is -0.123. The van der Waals surface area contributed by atoms with E-state index in [-0.39, 0.29) is 18.7 Å². The number of aryl methyl sites for hydroxylation is 1. The second kappa shape index (κ2) is 8.33. The number of benzene rings is 2. The number of hydrogen-bond donors (Lipinski definition) is 1. The molecule has 1 amide bonds. The van der Waals surface area contributed by atoms with Crippen LogP contribution in [0.2, 0.25) is 0 Å². The number of ether oxygens (including phenoxy) is 2. The summed E-state index contributed by atoms with van der Waals surface area (Å²) in [5, 5.41) is 3.10. The molecule has 6 heteroatoms. The number of fused-ring (bicyclic) bond motifs is 1. The van der Waals surface area contributed by atoms with Crippen LogP contribution in [0.25, 0.3) is 0 Å². The lowest BCUT2D eigenvalue weighted by atomic mass is 10.1. The average molecular weight is 396 g/mol. The van der Waals surface area contributed by atoms with Crippen molar-refractivity contribution in [3.63, 3.8) is 0 Å². The maximum atomic E-state index is 12.6. The smallest absolute Gasteiger partial charge is 0.234 e. The number of anilines is 1. The van der Waals surface area contributed by atoms with E-state index in [9.17, 15) is 4.79 Å². The van der Waals surface area contributed by atoms with Gasteiger partial charge in [0.2, 0.25) is 12.7 Å². The minimum Gasteiger partial charge on any atom is -0.454 e. The monoisotopic (exact) mass is 395 g/mol. The van der Waals surface area contributed by atoms with Crippen LogP contribution in [0.3, 0.4) is 0 Å². The molecule has 1 fully saturated rings. The molecule has 1 atom stereocenters. The Hall–Kier alpha value is -2.73. The molecule has 0 spiro atoms. The normalized spacial score (nSPS) is 17.3. The zero-order valence-electron chi connectivity index (χ0n) is 17.4. The van der Waals surface area contributed by atoms with Crippen molar-refractivity contribution < 1.29 is 14.3 Å². The predicted octanol–water partition coefficient (Wildman–Crippen LogP) is 3.03. The van der Waals surface area contributed by atoms with Gasteiger partial charge in [-0.25, -0.2) is 0 Å². The molecule has 1 N–H and O–H groups in total. The standard InChI is InChI=1S/C23H29N3O3/c1-16-5-4-6-20(17(16)2)26-11-9-25(10-12-26)14-23(27)24-18(3)19-7-8-21-22(13-19)29-15-28-21/h4-8,13,18H,9-12,14-15H2,1-3H3,(H,24,27)/t18-/m1/s1. The quantitative estimate of drug-likeness (QED) is 0.843. The van der Waals surface area contributed by atoms with Gasteiger partial charge in [-0.15, -0.1) is 0 Å². The van der Waals surface area contributed by atoms with Crippen LogP contribution >= 0.6 is 0 Å². The van der Waals surface area contributed by atoms with Gasteiger partial charge in [-0.2, -0.15) is 0 Å². The highest BCUT2D eigenvalue weighted by Crippen LogP contribution is 2.34. The molecule has 29 heavy (non-hydrogen) atoms. The first kappa shape index (κ1) is 19.6. The lowest BCUT2D eigenvalue weighted by Gasteiger charge is -2.36. The molecule has 0 aliphatic carbocycles. The number of rotatable bonds is 5. The molecule has 1 saturated heterocycles. The van der Waals surface area contributed by atoms with Crippen molar-refractivity contribution in [1.82, 2.24) is 10.2 Å². The molecule has 0 saturated carbocycles. The lowest BCUT2D eigenvalue weighted by Crippen LogP contribution is -2.49. The molecule has 0 radical (unpaired) electrons. The molecule has 0 unspecified atom stereocenters. The molecule has 0 aromatic heterocycles. The van der Waals surface area contributed by atoms with E-state index in [0.717, 1.165) is 43.2 Å². The van der Waals surface area contributed by atoms with Crippen LogP contribution in [-0.4, -0.2) is 50.3 Å². The second-order valence-electron chi connectivity index (χ2n) is 7.88. The van der Waals surface area contributed by atoms with Crippen molar-refractivity contribution in [3.05, 3.63) is 53.1 Å². The van der Waals surface area contributed by atoms with Gasteiger partial charge in [0.1, 0.15) is 0 Å². The summed E-state index contributed by atoms with van der Waals surface area (Å²) >= 11 is 0. The van der Waals surface area contributed by atoms with E-state index < -0.39 is 0 Å². The minimum absolute atomic E-state index is 0.0513. The van der Waals surface area contributed by atoms with Crippen LogP contribution in [0.1, 0.15) is 29.7 Å². The summed E-state index contributed by atoms with van der Waals surface area (Å²) in [4.78, 5) is 17.2. The van der Waals surface area contributed by atoms with E-state index in [0.29, 0.717) is 6.54 Å². The molecule has 154 valence electrons. The molecule has 2 aliphatic rings. The van der Waals surface area contributed by atoms with Crippen LogP contribution in [0, 0.1) is 13.8 Å². The highest BCUT2D eigenvalue weighted by molar-refractivity contribution is 5.78. The van der Waals surface area contributed by atoms with E-state index >= 15 is 0 Å². The third kappa shape index (κ3) is 4.32. The summed E-state index contributed by atoms with van der Waals surface area (Å²) in [6.07, 6.45) is 0. The summed E-state index contributed by atoms with van der Waals surface area (Å²) < 4.78 is 10.8. The van der Waals surface area contributed by atoms with Crippen molar-refractivity contribution in [2.75, 3.05) is 44.4 Å². The largest absolute Gasteiger partial charge is 0.454 e. The number of nitrogens with one attached hydrogen (secondary N) is 1. The number of hydrogen-bond acceptors (Lipinski definition) is 5. The van der Waals surface area contributed by atoms with E-state index in [1.807, 2.05) is 25.1 Å². The Kier molecular flexibility index (Phi) is 5.62. The molecule has 2 heterocycles. The van der Waals surface area contributed by atoms with Gasteiger partial charge in [0.15, 0.2) is 11.5 Å². The second-order valence-corrected chi connectivity index (χ2v) is 7.88. The summed E-state index contributed by atoms with van der Waals surface area (Å²) in [6, 6.07) is 12.2. The van der Waals surface area contributed by atoms with Crippen LogP contribution in [-0.2, 0) is 4.79 Å². The molecule has 0 bridgehead atoms. The van der Waals surface area contributed by atoms with Crippen molar-refractivity contribution in [1.29, 1.82) is 0 Å². The molecule has 4 rings (SSSR count). The maximum Gasteiger partial charge on any atom is 0.234 e. The zero-order valence-corrected chi connectivity index (χ0v) is 17.4. The maximum absolute atomic E-state index is 12.6. The molecule has 6 nitrogen and oxygen atoms in total. The zero-order chi connectivity index (χ0) is 20.4. The Labute approximate surface area is 172 Å². The highest BCUT2D eigenvalue weighted by atomic mass is 16.7. The summed E-state index contributed by atoms with van der Waals surface area (Å²) in [6.45, 7) is 10.7. The Morgan fingerprint density at radius 1 is 1.07 bits per heavy atom. The molecule has 2 aromatic carbocycles. The Morgan fingerprint density at radius 3 is 2.62 bits per heavy atom. The van der Waals surface area contributed by atoms with E-state index in [1.54, 1.807) is 0 Å². The predicted molar refractivity (Wildman–Crippen MR) is 114 cm³/mol. The van der Waals surface area contributed by atoms with E-state index in [2.05, 4.69) is 47.2 Å². The van der Waals surface area contributed by atoms with Gasteiger partial charge in [0.25, 0.3) is 0 Å². The van der Waals surface area contributed by atoms with Gasteiger partial charge in [-0.3, -0.25) is 9.69 Å². The summed E-state index contributed by atoms with van der Waals surface area (Å²) in [5.41, 5.74) is 4.99. The van der Waals surface area contributed by atoms with Crippen molar-refractivity contribution >= 4 is 11.6 Å². The topological polar surface area (TPSA) is 54.0 Å². The highest BCUT2D eigenvalue weighted by Gasteiger charge is 2.22. The fourth-order valence-corrected chi connectivity index (χ4v) is 3.98. The fraction of sp³-hybridized carbons (Fsp3) is 0.435. The third-order valence-corrected chi connectivity index (χ3v) is 5.93. The first-order valence-corrected chi connectivity index (χ1v) is 10.2. The Morgan fingerprint density at radius 2 is 1.83 bits per heavy atom. The van der Waals surface area contributed by atoms with E-state index in [1.165, 1.54) is 16.8 Å². The van der Waals surface area contributed by atoms with Crippen molar-refractivity contribution in [2.45, 2.75) is 26.8 Å². The molecular weight excluding hydrogens is 366 g/mol. The fourth-order valence-electron chi connectivity index (χ4n) is 3.98. The van der Waals surface area contributed by atoms with Crippen LogP contribution in [0.15, 0.2) is 36.4 Å². The Bertz CT molecular complexity index is 891. The van der Waals surface area contributed by atoms with Crippen LogP contribution in [0.4, 0.5) is 5.69 Å². The van der Waals surface area contributed by atoms with Crippen LogP contribution in [0.5, 0.6) is 11.5 Å². The molecular formula is C23H29N3O3. The number of carbonyl (C=O) groups excluding carboxylic acids is 1. The first-order chi connectivity index (χ1) is 14.0. The van der Waals surface area contributed by atoms with Gasteiger partial charge in [0.05, 0.1) is 12.6 Å². The van der Waals surface area contributed by atoms with Gasteiger partial charge >= 0.3 is 0 Å². The van der Waals surface area contributed by atoms with Gasteiger partial charge in [-0.05, 0) is 55.7 Å². The molecule has 2 aromatic rings. The average Bonchev–Trinajstić information content (AvgIpc) is 3.18. The van der Waals surface area contributed by atoms with Crippen molar-refractivity contribution in [2.24, 2.45) is 0 Å². The summed E-state index contributed by atoms with van der Waals surface area (Å²) in [7, 11) is 0. The number of nitrogens with zero attached hydrogens (tertiary/aromatic N) is 2. The van der Waals surface area contributed by atoms with E-state index in [4.69, 9.17) is 9.47 Å². The van der Waals surface area contributed by atoms with Gasteiger partial charge in [0, 0.05) is 31.9 Å². The third-order valence-electron chi connectivity index (χ3n) is 5.93. The number of amides is 1. The number of piperazine rings is 1. The van der Waals surface area contributed by atoms with Crippen molar-refractivity contribution in [3.8, 4) is 11.5 Å². The summed E-state index contributed by atoms with van der Waals surface area (Å²) in [5.74, 6) is 1.55. The molecule has 2 aliphatic heterocycles. The SMILES string of the molecule is Cc1cccc(N2CCN(CC(=O)N[C@H](C)c3ccc4c(c3)OCO4)CC2)c1C. The Balaban J connectivity index is 1.28. The minimum atomic E-state index is -0.0757. The number of carbonyl (C=O) groups is 1. The van der Waals surface area contributed by atoms with Gasteiger partial charge in [-0.1, -0.05) is 18.2 Å². The van der Waals surface area contributed by atoms with Gasteiger partial charge < -0.3 is 19.7 Å². The first-order valence-electron chi connectivity index (χ1n) is 10.2. The van der Waals surface area contributed by atoms with Crippen LogP contribution < -0.4 is 19.7 Å².